The maximum atomic E-state index is 13.3. The highest BCUT2D eigenvalue weighted by atomic mass is 16.3. The first kappa shape index (κ1) is 16.9. The zero-order chi connectivity index (χ0) is 18.1. The molecule has 3 heterocycles. The molecule has 26 heavy (non-hydrogen) atoms. The van der Waals surface area contributed by atoms with Gasteiger partial charge in [-0.15, -0.1) is 0 Å². The molecule has 2 amide bonds. The third kappa shape index (κ3) is 3.02. The van der Waals surface area contributed by atoms with E-state index in [1.165, 1.54) is 18.1 Å². The van der Waals surface area contributed by atoms with Crippen LogP contribution in [-0.4, -0.2) is 36.3 Å². The molecule has 136 valence electrons. The summed E-state index contributed by atoms with van der Waals surface area (Å²) in [6.45, 7) is 4.02. The third-order valence-electron chi connectivity index (χ3n) is 5.51. The lowest BCUT2D eigenvalue weighted by molar-refractivity contribution is -0.123. The van der Waals surface area contributed by atoms with Crippen molar-refractivity contribution < 1.29 is 14.0 Å². The number of para-hydroxylation sites is 1. The predicted octanol–water partition coefficient (Wildman–Crippen LogP) is 3.42. The number of carbonyl (C=O) groups excluding carboxylic acids is 2. The summed E-state index contributed by atoms with van der Waals surface area (Å²) >= 11 is 0. The number of likely N-dealkylation sites (tertiary alicyclic amines) is 1. The van der Waals surface area contributed by atoms with Gasteiger partial charge in [0.25, 0.3) is 5.91 Å². The van der Waals surface area contributed by atoms with E-state index in [0.717, 1.165) is 43.5 Å². The number of hydrogen-bond acceptors (Lipinski definition) is 3. The predicted molar refractivity (Wildman–Crippen MR) is 99.2 cm³/mol. The molecule has 5 nitrogen and oxygen atoms in total. The Morgan fingerprint density at radius 1 is 1.15 bits per heavy atom. The van der Waals surface area contributed by atoms with Crippen LogP contribution in [-0.2, 0) is 11.2 Å². The zero-order valence-corrected chi connectivity index (χ0v) is 15.1. The smallest absolute Gasteiger partial charge is 0.257 e. The van der Waals surface area contributed by atoms with Crippen LogP contribution in [0, 0.1) is 12.8 Å². The molecule has 1 aromatic heterocycles. The highest BCUT2D eigenvalue weighted by Crippen LogP contribution is 2.33. The van der Waals surface area contributed by atoms with Gasteiger partial charge in [-0.1, -0.05) is 18.2 Å². The quantitative estimate of drug-likeness (QED) is 0.832. The second-order valence-corrected chi connectivity index (χ2v) is 7.28. The van der Waals surface area contributed by atoms with Gasteiger partial charge in [0.1, 0.15) is 6.26 Å². The van der Waals surface area contributed by atoms with E-state index >= 15 is 0 Å². The standard InChI is InChI=1S/C21H24N2O3/c1-15-5-2-6-16-7-4-11-23(19(15)16)21(25)17-8-3-10-22(13-17)20(24)18-9-12-26-14-18/h2,5-6,9,12,14,17H,3-4,7-8,10-11,13H2,1H3/t17-/m0/s1. The van der Waals surface area contributed by atoms with Gasteiger partial charge in [0, 0.05) is 25.3 Å². The number of anilines is 1. The normalized spacial score (nSPS) is 20.0. The number of furan rings is 1. The number of aryl methyl sites for hydroxylation is 2. The number of benzene rings is 1. The molecule has 1 aromatic carbocycles. The Labute approximate surface area is 153 Å². The number of fused-ring (bicyclic) bond motifs is 1. The van der Waals surface area contributed by atoms with E-state index in [1.807, 2.05) is 4.90 Å². The topological polar surface area (TPSA) is 53.8 Å². The van der Waals surface area contributed by atoms with Gasteiger partial charge in [0.05, 0.1) is 17.7 Å². The van der Waals surface area contributed by atoms with Crippen LogP contribution in [0.25, 0.3) is 0 Å². The van der Waals surface area contributed by atoms with Gasteiger partial charge in [-0.2, -0.15) is 0 Å². The molecule has 0 spiro atoms. The van der Waals surface area contributed by atoms with Gasteiger partial charge >= 0.3 is 0 Å². The van der Waals surface area contributed by atoms with Crippen molar-refractivity contribution in [2.45, 2.75) is 32.6 Å². The van der Waals surface area contributed by atoms with Crippen LogP contribution < -0.4 is 4.90 Å². The van der Waals surface area contributed by atoms with Crippen molar-refractivity contribution in [3.05, 3.63) is 53.5 Å². The van der Waals surface area contributed by atoms with Crippen molar-refractivity contribution in [3.8, 4) is 0 Å². The molecule has 1 saturated heterocycles. The summed E-state index contributed by atoms with van der Waals surface area (Å²) in [5.74, 6) is -0.0263. The first-order valence-electron chi connectivity index (χ1n) is 9.36. The Kier molecular flexibility index (Phi) is 4.53. The molecule has 1 atom stereocenters. The first-order chi connectivity index (χ1) is 12.6. The largest absolute Gasteiger partial charge is 0.472 e. The van der Waals surface area contributed by atoms with Crippen LogP contribution in [0.1, 0.15) is 40.7 Å². The molecule has 2 aliphatic heterocycles. The second-order valence-electron chi connectivity index (χ2n) is 7.28. The highest BCUT2D eigenvalue weighted by molar-refractivity contribution is 5.98. The monoisotopic (exact) mass is 352 g/mol. The maximum Gasteiger partial charge on any atom is 0.257 e. The fraction of sp³-hybridized carbons (Fsp3) is 0.429. The number of rotatable bonds is 2. The molecule has 0 saturated carbocycles. The van der Waals surface area contributed by atoms with Crippen LogP contribution >= 0.6 is 0 Å². The minimum Gasteiger partial charge on any atom is -0.472 e. The summed E-state index contributed by atoms with van der Waals surface area (Å²) in [7, 11) is 0. The number of amides is 2. The van der Waals surface area contributed by atoms with Crippen LogP contribution in [0.4, 0.5) is 5.69 Å². The Hall–Kier alpha value is -2.56. The van der Waals surface area contributed by atoms with Crippen LogP contribution in [0.15, 0.2) is 41.2 Å². The SMILES string of the molecule is Cc1cccc2c1N(C(=O)[C@H]1CCCN(C(=O)c3ccoc3)C1)CCC2. The lowest BCUT2D eigenvalue weighted by atomic mass is 9.92. The van der Waals surface area contributed by atoms with Gasteiger partial charge in [0.2, 0.25) is 5.91 Å². The van der Waals surface area contributed by atoms with Crippen molar-refractivity contribution in [2.24, 2.45) is 5.92 Å². The summed E-state index contributed by atoms with van der Waals surface area (Å²) in [6.07, 6.45) is 6.69. The molecule has 0 bridgehead atoms. The van der Waals surface area contributed by atoms with Crippen molar-refractivity contribution in [1.82, 2.24) is 4.90 Å². The van der Waals surface area contributed by atoms with Crippen LogP contribution in [0.5, 0.6) is 0 Å². The van der Waals surface area contributed by atoms with E-state index in [4.69, 9.17) is 4.42 Å². The highest BCUT2D eigenvalue weighted by Gasteiger charge is 2.34. The Bertz CT molecular complexity index is 813. The third-order valence-corrected chi connectivity index (χ3v) is 5.51. The van der Waals surface area contributed by atoms with Crippen molar-refractivity contribution >= 4 is 17.5 Å². The summed E-state index contributed by atoms with van der Waals surface area (Å²) in [5.41, 5.74) is 4.05. The van der Waals surface area contributed by atoms with Crippen molar-refractivity contribution in [2.75, 3.05) is 24.5 Å². The molecular formula is C21H24N2O3. The number of nitrogens with zero attached hydrogens (tertiary/aromatic N) is 2. The summed E-state index contributed by atoms with van der Waals surface area (Å²) in [6, 6.07) is 7.93. The molecule has 0 radical (unpaired) electrons. The lowest BCUT2D eigenvalue weighted by Crippen LogP contribution is -2.48. The first-order valence-corrected chi connectivity index (χ1v) is 9.36. The van der Waals surface area contributed by atoms with E-state index < -0.39 is 0 Å². The van der Waals surface area contributed by atoms with E-state index in [0.29, 0.717) is 18.7 Å². The maximum absolute atomic E-state index is 13.3. The molecule has 0 aliphatic carbocycles. The van der Waals surface area contributed by atoms with E-state index in [9.17, 15) is 9.59 Å². The molecular weight excluding hydrogens is 328 g/mol. The van der Waals surface area contributed by atoms with Gasteiger partial charge in [0.15, 0.2) is 0 Å². The fourth-order valence-electron chi connectivity index (χ4n) is 4.22. The lowest BCUT2D eigenvalue weighted by Gasteiger charge is -2.37. The summed E-state index contributed by atoms with van der Waals surface area (Å²) < 4.78 is 5.03. The molecule has 0 N–H and O–H groups in total. The van der Waals surface area contributed by atoms with E-state index in [1.54, 1.807) is 11.0 Å². The summed E-state index contributed by atoms with van der Waals surface area (Å²) in [4.78, 5) is 29.6. The second kappa shape index (κ2) is 6.98. The van der Waals surface area contributed by atoms with E-state index in [-0.39, 0.29) is 17.7 Å². The minimum absolute atomic E-state index is 0.0496. The fourth-order valence-corrected chi connectivity index (χ4v) is 4.22. The molecule has 2 aliphatic rings. The van der Waals surface area contributed by atoms with Crippen LogP contribution in [0.3, 0.4) is 0 Å². The zero-order valence-electron chi connectivity index (χ0n) is 15.1. The Morgan fingerprint density at radius 2 is 2.04 bits per heavy atom. The van der Waals surface area contributed by atoms with Gasteiger partial charge < -0.3 is 14.2 Å². The van der Waals surface area contributed by atoms with Crippen molar-refractivity contribution in [1.29, 1.82) is 0 Å². The van der Waals surface area contributed by atoms with Crippen molar-refractivity contribution in [3.63, 3.8) is 0 Å². The molecule has 4 rings (SSSR count). The number of hydrogen-bond donors (Lipinski definition) is 0. The van der Waals surface area contributed by atoms with E-state index in [2.05, 4.69) is 25.1 Å². The average molecular weight is 352 g/mol. The van der Waals surface area contributed by atoms with Crippen LogP contribution in [0.2, 0.25) is 0 Å². The Morgan fingerprint density at radius 3 is 2.85 bits per heavy atom. The Balaban J connectivity index is 1.53. The molecule has 1 fully saturated rings. The number of piperidine rings is 1. The number of carbonyl (C=O) groups is 2. The van der Waals surface area contributed by atoms with Gasteiger partial charge in [-0.05, 0) is 49.8 Å². The van der Waals surface area contributed by atoms with Gasteiger partial charge in [-0.3, -0.25) is 9.59 Å². The summed E-state index contributed by atoms with van der Waals surface area (Å²) in [5, 5.41) is 0. The molecule has 2 aromatic rings. The minimum atomic E-state index is -0.134. The molecule has 5 heteroatoms. The van der Waals surface area contributed by atoms with Gasteiger partial charge in [-0.25, -0.2) is 0 Å². The molecule has 0 unspecified atom stereocenters. The average Bonchev–Trinajstić information content (AvgIpc) is 3.21.